The predicted molar refractivity (Wildman–Crippen MR) is 46.6 cm³/mol. The number of nitrogens with zero attached hydrogens (tertiary/aromatic N) is 1. The molecule has 72 valence electrons. The Labute approximate surface area is 78.6 Å². The highest BCUT2D eigenvalue weighted by Crippen LogP contribution is 2.12. The first kappa shape index (κ1) is 8.68. The zero-order valence-electron chi connectivity index (χ0n) is 7.19. The smallest absolute Gasteiger partial charge is 0.335 e. The van der Waals surface area contributed by atoms with Crippen LogP contribution in [0.2, 0.25) is 0 Å². The minimum absolute atomic E-state index is 0.128. The lowest BCUT2D eigenvalue weighted by Gasteiger charge is -2.01. The molecule has 0 bridgehead atoms. The van der Waals surface area contributed by atoms with Crippen LogP contribution in [0.3, 0.4) is 0 Å². The third-order valence-electron chi connectivity index (χ3n) is 2.22. The van der Waals surface area contributed by atoms with Crippen LogP contribution in [0.1, 0.15) is 27.3 Å². The van der Waals surface area contributed by atoms with E-state index < -0.39 is 11.5 Å². The monoisotopic (exact) mass is 193 g/mol. The predicted octanol–water partition coefficient (Wildman–Crippen LogP) is 0.133. The maximum atomic E-state index is 11.3. The van der Waals surface area contributed by atoms with Crippen LogP contribution in [0.5, 0.6) is 0 Å². The quantitative estimate of drug-likeness (QED) is 0.687. The number of hydrogen-bond donors (Lipinski definition) is 1. The summed E-state index contributed by atoms with van der Waals surface area (Å²) in [7, 11) is 0. The molecule has 2 rings (SSSR count). The molecule has 0 aromatic carbocycles. The molecule has 1 aromatic heterocycles. The van der Waals surface area contributed by atoms with E-state index in [1.54, 1.807) is 0 Å². The standard InChI is InChI=1S/C9H7NO4/c11-7-1-2-10-6(7)3-5(9(13)14)4-8(10)12/h3-4H,1-2H2,(H,13,14). The number of carboxylic acids is 1. The van der Waals surface area contributed by atoms with Gasteiger partial charge in [-0.3, -0.25) is 9.59 Å². The highest BCUT2D eigenvalue weighted by atomic mass is 16.4. The molecule has 0 spiro atoms. The number of hydrogen-bond acceptors (Lipinski definition) is 3. The van der Waals surface area contributed by atoms with E-state index in [0.29, 0.717) is 6.54 Å². The van der Waals surface area contributed by atoms with Gasteiger partial charge in [-0.1, -0.05) is 0 Å². The summed E-state index contributed by atoms with van der Waals surface area (Å²) in [4.78, 5) is 33.2. The minimum Gasteiger partial charge on any atom is -0.478 e. The van der Waals surface area contributed by atoms with Gasteiger partial charge in [-0.05, 0) is 6.07 Å². The van der Waals surface area contributed by atoms with Crippen molar-refractivity contribution in [2.24, 2.45) is 0 Å². The normalized spacial score (nSPS) is 14.1. The average molecular weight is 193 g/mol. The molecule has 1 aliphatic heterocycles. The Morgan fingerprint density at radius 2 is 2.07 bits per heavy atom. The SMILES string of the molecule is O=C(O)c1cc2n(c(=O)c1)CCC2=O. The van der Waals surface area contributed by atoms with Gasteiger partial charge in [0.25, 0.3) is 5.56 Å². The van der Waals surface area contributed by atoms with Gasteiger partial charge >= 0.3 is 5.97 Å². The number of carbonyl (C=O) groups excluding carboxylic acids is 1. The number of ketones is 1. The largest absolute Gasteiger partial charge is 0.478 e. The van der Waals surface area contributed by atoms with Gasteiger partial charge in [0.1, 0.15) is 0 Å². The van der Waals surface area contributed by atoms with Crippen molar-refractivity contribution in [3.05, 3.63) is 33.7 Å². The number of aromatic nitrogens is 1. The van der Waals surface area contributed by atoms with E-state index in [1.165, 1.54) is 10.6 Å². The second-order valence-electron chi connectivity index (χ2n) is 3.10. The summed E-state index contributed by atoms with van der Waals surface area (Å²) >= 11 is 0. The van der Waals surface area contributed by atoms with Crippen molar-refractivity contribution in [1.82, 2.24) is 4.57 Å². The third kappa shape index (κ3) is 1.14. The zero-order chi connectivity index (χ0) is 10.3. The summed E-state index contributed by atoms with van der Waals surface area (Å²) in [5.41, 5.74) is -0.350. The molecular weight excluding hydrogens is 186 g/mol. The molecule has 0 radical (unpaired) electrons. The first-order valence-electron chi connectivity index (χ1n) is 4.11. The van der Waals surface area contributed by atoms with Gasteiger partial charge in [0.2, 0.25) is 0 Å². The summed E-state index contributed by atoms with van der Waals surface area (Å²) in [5, 5.41) is 8.67. The van der Waals surface area contributed by atoms with Crippen LogP contribution >= 0.6 is 0 Å². The van der Waals surface area contributed by atoms with E-state index in [1.807, 2.05) is 0 Å². The number of aromatic carboxylic acids is 1. The van der Waals surface area contributed by atoms with E-state index in [2.05, 4.69) is 0 Å². The summed E-state index contributed by atoms with van der Waals surface area (Å²) in [6.07, 6.45) is 0.276. The fraction of sp³-hybridized carbons (Fsp3) is 0.222. The zero-order valence-corrected chi connectivity index (χ0v) is 7.19. The Morgan fingerprint density at radius 3 is 2.71 bits per heavy atom. The fourth-order valence-electron chi connectivity index (χ4n) is 1.52. The van der Waals surface area contributed by atoms with Gasteiger partial charge < -0.3 is 9.67 Å². The van der Waals surface area contributed by atoms with E-state index in [-0.39, 0.29) is 23.5 Å². The van der Waals surface area contributed by atoms with Gasteiger partial charge in [0, 0.05) is 19.0 Å². The lowest BCUT2D eigenvalue weighted by molar-refractivity contribution is 0.0696. The van der Waals surface area contributed by atoms with Crippen molar-refractivity contribution >= 4 is 11.8 Å². The molecule has 0 aliphatic carbocycles. The highest BCUT2D eigenvalue weighted by molar-refractivity contribution is 5.98. The first-order valence-corrected chi connectivity index (χ1v) is 4.11. The van der Waals surface area contributed by atoms with Gasteiger partial charge in [-0.15, -0.1) is 0 Å². The Kier molecular flexibility index (Phi) is 1.73. The molecule has 5 heteroatoms. The van der Waals surface area contributed by atoms with Crippen molar-refractivity contribution in [3.63, 3.8) is 0 Å². The van der Waals surface area contributed by atoms with Crippen LogP contribution < -0.4 is 5.56 Å². The number of rotatable bonds is 1. The summed E-state index contributed by atoms with van der Waals surface area (Å²) in [5.74, 6) is -1.37. The minimum atomic E-state index is -1.19. The van der Waals surface area contributed by atoms with E-state index in [4.69, 9.17) is 5.11 Å². The molecule has 2 heterocycles. The lowest BCUT2D eigenvalue weighted by atomic mass is 10.2. The summed E-state index contributed by atoms with van der Waals surface area (Å²) < 4.78 is 1.30. The molecule has 1 aliphatic rings. The van der Waals surface area contributed by atoms with Crippen LogP contribution in [0.15, 0.2) is 16.9 Å². The fourth-order valence-corrected chi connectivity index (χ4v) is 1.52. The van der Waals surface area contributed by atoms with Crippen LogP contribution in [0.25, 0.3) is 0 Å². The average Bonchev–Trinajstić information content (AvgIpc) is 2.48. The van der Waals surface area contributed by atoms with Gasteiger partial charge in [0.15, 0.2) is 5.78 Å². The maximum Gasteiger partial charge on any atom is 0.335 e. The van der Waals surface area contributed by atoms with Crippen molar-refractivity contribution in [2.45, 2.75) is 13.0 Å². The van der Waals surface area contributed by atoms with Gasteiger partial charge in [-0.2, -0.15) is 0 Å². The lowest BCUT2D eigenvalue weighted by Crippen LogP contribution is -2.20. The van der Waals surface area contributed by atoms with Crippen LogP contribution in [-0.4, -0.2) is 21.4 Å². The highest BCUT2D eigenvalue weighted by Gasteiger charge is 2.22. The molecule has 0 atom stereocenters. The number of fused-ring (bicyclic) bond motifs is 1. The topological polar surface area (TPSA) is 76.4 Å². The van der Waals surface area contributed by atoms with Crippen molar-refractivity contribution in [2.75, 3.05) is 0 Å². The number of carboxylic acid groups (broad SMARTS) is 1. The molecule has 0 saturated heterocycles. The molecule has 14 heavy (non-hydrogen) atoms. The van der Waals surface area contributed by atoms with Gasteiger partial charge in [0.05, 0.1) is 11.3 Å². The van der Waals surface area contributed by atoms with Gasteiger partial charge in [-0.25, -0.2) is 4.79 Å². The Hall–Kier alpha value is -1.91. The van der Waals surface area contributed by atoms with Crippen LogP contribution in [0.4, 0.5) is 0 Å². The molecule has 0 fully saturated rings. The maximum absolute atomic E-state index is 11.3. The second-order valence-corrected chi connectivity index (χ2v) is 3.10. The Bertz CT molecular complexity index is 486. The van der Waals surface area contributed by atoms with Crippen molar-refractivity contribution < 1.29 is 14.7 Å². The number of carbonyl (C=O) groups is 2. The van der Waals surface area contributed by atoms with E-state index in [9.17, 15) is 14.4 Å². The number of pyridine rings is 1. The second kappa shape index (κ2) is 2.80. The third-order valence-corrected chi connectivity index (χ3v) is 2.22. The molecule has 0 amide bonds. The molecule has 0 unspecified atom stereocenters. The summed E-state index contributed by atoms with van der Waals surface area (Å²) in [6, 6.07) is 2.28. The first-order chi connectivity index (χ1) is 6.59. The molecular formula is C9H7NO4. The molecule has 1 aromatic rings. The van der Waals surface area contributed by atoms with E-state index >= 15 is 0 Å². The van der Waals surface area contributed by atoms with Crippen LogP contribution in [-0.2, 0) is 6.54 Å². The number of Topliss-reactive ketones (excluding diaryl/α,β-unsaturated/α-hetero) is 1. The van der Waals surface area contributed by atoms with Crippen molar-refractivity contribution in [1.29, 1.82) is 0 Å². The Balaban J connectivity index is 2.70. The van der Waals surface area contributed by atoms with Crippen LogP contribution in [0, 0.1) is 0 Å². The van der Waals surface area contributed by atoms with E-state index in [0.717, 1.165) is 6.07 Å². The Morgan fingerprint density at radius 1 is 1.36 bits per heavy atom. The molecule has 0 saturated carbocycles. The summed E-state index contributed by atoms with van der Waals surface area (Å²) in [6.45, 7) is 0.354. The molecule has 5 nitrogen and oxygen atoms in total. The molecule has 1 N–H and O–H groups in total. The van der Waals surface area contributed by atoms with Crippen molar-refractivity contribution in [3.8, 4) is 0 Å².